The van der Waals surface area contributed by atoms with Gasteiger partial charge in [0.15, 0.2) is 0 Å². The predicted octanol–water partition coefficient (Wildman–Crippen LogP) is 5.75. The largest absolute Gasteiger partial charge is 0.356 e. The summed E-state index contributed by atoms with van der Waals surface area (Å²) in [6.45, 7) is 6.28. The molecule has 1 aliphatic rings. The van der Waals surface area contributed by atoms with Gasteiger partial charge in [0.25, 0.3) is 5.91 Å². The van der Waals surface area contributed by atoms with Crippen LogP contribution in [0.1, 0.15) is 55.1 Å². The lowest BCUT2D eigenvalue weighted by atomic mass is 9.99. The fourth-order valence-electron chi connectivity index (χ4n) is 4.44. The number of carbonyl (C=O) groups is 1. The molecule has 1 saturated heterocycles. The van der Waals surface area contributed by atoms with Gasteiger partial charge in [-0.3, -0.25) is 9.48 Å². The minimum absolute atomic E-state index is 0.0799. The third-order valence-electron chi connectivity index (χ3n) is 6.55. The summed E-state index contributed by atoms with van der Waals surface area (Å²) < 4.78 is 50.1. The molecule has 0 saturated carbocycles. The Morgan fingerprint density at radius 2 is 1.97 bits per heavy atom. The number of nitrogens with one attached hydrogen (secondary N) is 2. The molecule has 198 valence electrons. The van der Waals surface area contributed by atoms with Crippen molar-refractivity contribution in [1.29, 1.82) is 4.78 Å². The smallest absolute Gasteiger partial charge is 0.259 e. The van der Waals surface area contributed by atoms with Crippen LogP contribution in [0.4, 0.5) is 20.3 Å². The summed E-state index contributed by atoms with van der Waals surface area (Å²) in [6, 6.07) is 6.52. The molecule has 3 aromatic rings. The van der Waals surface area contributed by atoms with Gasteiger partial charge in [-0.1, -0.05) is 6.07 Å². The monoisotopic (exact) mass is 530 g/mol. The van der Waals surface area contributed by atoms with Crippen LogP contribution in [0.2, 0.25) is 0 Å². The summed E-state index contributed by atoms with van der Waals surface area (Å²) >= 11 is 0. The molecule has 1 unspecified atom stereocenters. The van der Waals surface area contributed by atoms with Crippen molar-refractivity contribution >= 4 is 27.1 Å². The van der Waals surface area contributed by atoms with Gasteiger partial charge in [0.1, 0.15) is 5.82 Å². The van der Waals surface area contributed by atoms with E-state index in [2.05, 4.69) is 15.4 Å². The van der Waals surface area contributed by atoms with Crippen LogP contribution in [0, 0.1) is 11.7 Å². The topological polar surface area (TPSA) is 104 Å². The molecule has 1 amide bonds. The van der Waals surface area contributed by atoms with Gasteiger partial charge in [0.05, 0.1) is 21.5 Å². The molecule has 2 N–H and O–H groups in total. The zero-order valence-corrected chi connectivity index (χ0v) is 22.2. The highest BCUT2D eigenvalue weighted by atomic mass is 32.2. The summed E-state index contributed by atoms with van der Waals surface area (Å²) in [4.78, 5) is 20.4. The molecule has 1 aliphatic heterocycles. The molecule has 0 aliphatic carbocycles. The summed E-state index contributed by atoms with van der Waals surface area (Å²) in [5.41, 5.74) is 2.84. The van der Waals surface area contributed by atoms with Gasteiger partial charge < -0.3 is 10.2 Å². The van der Waals surface area contributed by atoms with Crippen molar-refractivity contribution in [1.82, 2.24) is 14.8 Å². The fraction of sp³-hybridized carbons (Fsp3) is 0.423. The van der Waals surface area contributed by atoms with E-state index in [1.165, 1.54) is 12.3 Å². The van der Waals surface area contributed by atoms with Crippen LogP contribution in [-0.4, -0.2) is 50.1 Å². The van der Waals surface area contributed by atoms with E-state index >= 15 is 0 Å². The number of hydrogen-bond donors (Lipinski definition) is 2. The van der Waals surface area contributed by atoms with E-state index in [1.54, 1.807) is 35.5 Å². The Balaban J connectivity index is 1.78. The number of carbonyl (C=O) groups excluding carboxylic acids is 1. The Morgan fingerprint density at radius 3 is 2.65 bits per heavy atom. The number of pyridine rings is 1. The average Bonchev–Trinajstić information content (AvgIpc) is 3.23. The van der Waals surface area contributed by atoms with Crippen molar-refractivity contribution in [3.63, 3.8) is 0 Å². The lowest BCUT2D eigenvalue weighted by molar-refractivity contribution is -0.0102. The average molecular weight is 531 g/mol. The van der Waals surface area contributed by atoms with E-state index in [-0.39, 0.29) is 37.4 Å². The number of amides is 1. The SMILES string of the molecule is Cc1c(-c2cnn(C(C)C)c2)cnc(N2CCCC(F)(F)CC2)c1C(=O)Nc1cccc(S(C)(=N)=O)c1. The van der Waals surface area contributed by atoms with Crippen molar-refractivity contribution < 1.29 is 17.8 Å². The normalized spacial score (nSPS) is 17.3. The van der Waals surface area contributed by atoms with Crippen molar-refractivity contribution in [2.24, 2.45) is 0 Å². The third-order valence-corrected chi connectivity index (χ3v) is 7.70. The molecule has 1 fully saturated rings. The number of hydrogen-bond acceptors (Lipinski definition) is 6. The lowest BCUT2D eigenvalue weighted by Crippen LogP contribution is -2.30. The lowest BCUT2D eigenvalue weighted by Gasteiger charge is -2.26. The maximum Gasteiger partial charge on any atom is 0.259 e. The van der Waals surface area contributed by atoms with Gasteiger partial charge >= 0.3 is 0 Å². The molecule has 11 heteroatoms. The van der Waals surface area contributed by atoms with Crippen LogP contribution in [0.15, 0.2) is 47.8 Å². The van der Waals surface area contributed by atoms with Gasteiger partial charge in [0.2, 0.25) is 5.92 Å². The zero-order valence-electron chi connectivity index (χ0n) is 21.4. The first-order valence-electron chi connectivity index (χ1n) is 12.2. The van der Waals surface area contributed by atoms with Gasteiger partial charge in [-0.15, -0.1) is 0 Å². The number of halogens is 2. The minimum atomic E-state index is -2.97. The zero-order chi connectivity index (χ0) is 27.0. The summed E-state index contributed by atoms with van der Waals surface area (Å²) in [5, 5.41) is 7.24. The Labute approximate surface area is 216 Å². The Hall–Kier alpha value is -3.34. The highest BCUT2D eigenvalue weighted by Gasteiger charge is 2.33. The van der Waals surface area contributed by atoms with Crippen molar-refractivity contribution in [3.05, 3.63) is 54.0 Å². The number of nitrogens with zero attached hydrogens (tertiary/aromatic N) is 4. The van der Waals surface area contributed by atoms with Crippen LogP contribution in [0.5, 0.6) is 0 Å². The van der Waals surface area contributed by atoms with Crippen LogP contribution in [0.3, 0.4) is 0 Å². The molecule has 1 atom stereocenters. The highest BCUT2D eigenvalue weighted by molar-refractivity contribution is 7.91. The maximum atomic E-state index is 14.1. The molecule has 0 bridgehead atoms. The van der Waals surface area contributed by atoms with Crippen LogP contribution in [-0.2, 0) is 9.73 Å². The second kappa shape index (κ2) is 10.2. The van der Waals surface area contributed by atoms with E-state index in [4.69, 9.17) is 4.78 Å². The second-order valence-corrected chi connectivity index (χ2v) is 12.0. The first-order valence-corrected chi connectivity index (χ1v) is 14.1. The summed E-state index contributed by atoms with van der Waals surface area (Å²) in [5.74, 6) is -2.86. The summed E-state index contributed by atoms with van der Waals surface area (Å²) in [6.07, 6.45) is 6.36. The van der Waals surface area contributed by atoms with E-state index in [9.17, 15) is 17.8 Å². The number of rotatable bonds is 6. The van der Waals surface area contributed by atoms with Gasteiger partial charge in [-0.25, -0.2) is 22.8 Å². The molecule has 4 rings (SSSR count). The molecular weight excluding hydrogens is 498 g/mol. The molecule has 8 nitrogen and oxygen atoms in total. The maximum absolute atomic E-state index is 14.1. The molecule has 0 spiro atoms. The van der Waals surface area contributed by atoms with Crippen molar-refractivity contribution in [2.75, 3.05) is 29.6 Å². The number of alkyl halides is 2. The standard InChI is InChI=1S/C26H32F2N6O2S/c1-17(2)34-16-19(14-31-34)22-15-30-24(33-11-6-9-26(27,28)10-12-33)23(18(22)3)25(35)32-20-7-5-8-21(13-20)37(4,29)36/h5,7-8,13-17,29H,6,9-12H2,1-4H3,(H,32,35). The van der Waals surface area contributed by atoms with E-state index in [1.807, 2.05) is 31.6 Å². The van der Waals surface area contributed by atoms with Gasteiger partial charge in [-0.2, -0.15) is 5.10 Å². The first-order chi connectivity index (χ1) is 17.4. The second-order valence-electron chi connectivity index (χ2n) is 9.82. The summed E-state index contributed by atoms with van der Waals surface area (Å²) in [7, 11) is -2.97. The van der Waals surface area contributed by atoms with Crippen molar-refractivity contribution in [3.8, 4) is 11.1 Å². The van der Waals surface area contributed by atoms with Crippen LogP contribution in [0.25, 0.3) is 11.1 Å². The molecular formula is C26H32F2N6O2S. The first kappa shape index (κ1) is 26.7. The molecule has 37 heavy (non-hydrogen) atoms. The quantitative estimate of drug-likeness (QED) is 0.422. The molecule has 3 heterocycles. The Bertz CT molecular complexity index is 1420. The van der Waals surface area contributed by atoms with E-state index < -0.39 is 21.6 Å². The number of aromatic nitrogens is 3. The predicted molar refractivity (Wildman–Crippen MR) is 141 cm³/mol. The van der Waals surface area contributed by atoms with Crippen LogP contribution >= 0.6 is 0 Å². The van der Waals surface area contributed by atoms with E-state index in [0.717, 1.165) is 11.1 Å². The number of anilines is 2. The molecule has 2 aromatic heterocycles. The Kier molecular flexibility index (Phi) is 7.36. The molecule has 1 aromatic carbocycles. The van der Waals surface area contributed by atoms with Gasteiger partial charge in [-0.05, 0) is 51.0 Å². The van der Waals surface area contributed by atoms with Crippen molar-refractivity contribution in [2.45, 2.75) is 56.9 Å². The molecule has 0 radical (unpaired) electrons. The van der Waals surface area contributed by atoms with Crippen LogP contribution < -0.4 is 10.2 Å². The van der Waals surface area contributed by atoms with Gasteiger partial charge in [0, 0.05) is 72.3 Å². The third kappa shape index (κ3) is 5.98. The Morgan fingerprint density at radius 1 is 1.22 bits per heavy atom. The van der Waals surface area contributed by atoms with E-state index in [0.29, 0.717) is 28.5 Å². The highest BCUT2D eigenvalue weighted by Crippen LogP contribution is 2.35. The fourth-order valence-corrected chi connectivity index (χ4v) is 5.13. The minimum Gasteiger partial charge on any atom is -0.356 e. The number of benzene rings is 1.